The normalized spacial score (nSPS) is 24.1. The monoisotopic (exact) mass is 283 g/mol. The first-order valence-electron chi connectivity index (χ1n) is 9.14. The van der Waals surface area contributed by atoms with Crippen LogP contribution in [0.3, 0.4) is 0 Å². The van der Waals surface area contributed by atoms with Gasteiger partial charge in [0.25, 0.3) is 0 Å². The minimum Gasteiger partial charge on any atom is -0.376 e. The third-order valence-corrected chi connectivity index (χ3v) is 4.68. The van der Waals surface area contributed by atoms with Gasteiger partial charge in [-0.1, -0.05) is 72.1 Å². The van der Waals surface area contributed by atoms with Gasteiger partial charge in [-0.25, -0.2) is 0 Å². The third-order valence-electron chi connectivity index (χ3n) is 4.68. The summed E-state index contributed by atoms with van der Waals surface area (Å²) in [7, 11) is 0. The van der Waals surface area contributed by atoms with Crippen LogP contribution in [0, 0.1) is 5.92 Å². The maximum Gasteiger partial charge on any atom is 0.0754 e. The molecule has 0 spiro atoms. The molecule has 0 amide bonds. The fraction of sp³-hybridized carbons (Fsp3) is 1.00. The molecule has 0 bridgehead atoms. The van der Waals surface area contributed by atoms with E-state index in [4.69, 9.17) is 4.74 Å². The number of nitrogens with one attached hydrogen (secondary N) is 1. The maximum absolute atomic E-state index is 5.94. The maximum atomic E-state index is 5.94. The Morgan fingerprint density at radius 1 is 1.00 bits per heavy atom. The first-order chi connectivity index (χ1) is 9.79. The Bertz CT molecular complexity index is 219. The van der Waals surface area contributed by atoms with Gasteiger partial charge in [-0.15, -0.1) is 0 Å². The molecule has 0 saturated carbocycles. The molecule has 2 nitrogen and oxygen atoms in total. The highest BCUT2D eigenvalue weighted by molar-refractivity contribution is 4.84. The smallest absolute Gasteiger partial charge is 0.0754 e. The predicted molar refractivity (Wildman–Crippen MR) is 88.2 cm³/mol. The molecule has 0 aromatic heterocycles. The molecule has 0 aliphatic carbocycles. The molecule has 3 unspecified atom stereocenters. The lowest BCUT2D eigenvalue weighted by Gasteiger charge is -2.27. The topological polar surface area (TPSA) is 21.3 Å². The summed E-state index contributed by atoms with van der Waals surface area (Å²) in [5, 5.41) is 3.65. The highest BCUT2D eigenvalue weighted by atomic mass is 16.5. The Morgan fingerprint density at radius 3 is 2.20 bits per heavy atom. The molecule has 1 rings (SSSR count). The number of likely N-dealkylation sites (N-methyl/N-ethyl adjacent to an activating group) is 1. The van der Waals surface area contributed by atoms with Crippen molar-refractivity contribution < 1.29 is 4.74 Å². The molecule has 1 aliphatic rings. The highest BCUT2D eigenvalue weighted by Crippen LogP contribution is 2.25. The fourth-order valence-corrected chi connectivity index (χ4v) is 3.37. The van der Waals surface area contributed by atoms with Crippen LogP contribution >= 0.6 is 0 Å². The molecule has 0 radical (unpaired) electrons. The summed E-state index contributed by atoms with van der Waals surface area (Å²) in [6.07, 6.45) is 14.2. The Labute approximate surface area is 127 Å². The molecule has 0 aromatic rings. The van der Waals surface area contributed by atoms with Crippen LogP contribution in [-0.4, -0.2) is 25.3 Å². The average Bonchev–Trinajstić information content (AvgIpc) is 2.87. The zero-order valence-electron chi connectivity index (χ0n) is 14.1. The van der Waals surface area contributed by atoms with Crippen molar-refractivity contribution in [1.29, 1.82) is 0 Å². The summed E-state index contributed by atoms with van der Waals surface area (Å²) in [6, 6.07) is 0.581. The zero-order valence-corrected chi connectivity index (χ0v) is 14.1. The second kappa shape index (κ2) is 11.6. The van der Waals surface area contributed by atoms with Gasteiger partial charge in [-0.2, -0.15) is 0 Å². The van der Waals surface area contributed by atoms with Gasteiger partial charge in [0, 0.05) is 12.6 Å². The van der Waals surface area contributed by atoms with Crippen molar-refractivity contribution in [3.63, 3.8) is 0 Å². The van der Waals surface area contributed by atoms with E-state index < -0.39 is 0 Å². The van der Waals surface area contributed by atoms with E-state index in [1.807, 2.05) is 0 Å². The minimum atomic E-state index is 0.458. The molecule has 1 saturated heterocycles. The van der Waals surface area contributed by atoms with Crippen LogP contribution in [0.2, 0.25) is 0 Å². The molecule has 3 atom stereocenters. The SMILES string of the molecule is CCCCCCCCCCC(NCC)C1OCCC1C. The van der Waals surface area contributed by atoms with E-state index in [0.29, 0.717) is 12.1 Å². The molecular formula is C18H37NO. The summed E-state index contributed by atoms with van der Waals surface area (Å²) >= 11 is 0. The van der Waals surface area contributed by atoms with E-state index in [1.54, 1.807) is 0 Å². The fourth-order valence-electron chi connectivity index (χ4n) is 3.37. The second-order valence-electron chi connectivity index (χ2n) is 6.53. The number of hydrogen-bond acceptors (Lipinski definition) is 2. The third kappa shape index (κ3) is 7.08. The highest BCUT2D eigenvalue weighted by Gasteiger charge is 2.30. The van der Waals surface area contributed by atoms with E-state index in [9.17, 15) is 0 Å². The molecule has 1 N–H and O–H groups in total. The lowest BCUT2D eigenvalue weighted by molar-refractivity contribution is 0.0579. The van der Waals surface area contributed by atoms with Gasteiger partial charge in [0.1, 0.15) is 0 Å². The lowest BCUT2D eigenvalue weighted by atomic mass is 9.93. The first kappa shape index (κ1) is 18.0. The standard InChI is InChI=1S/C18H37NO/c1-4-6-7-8-9-10-11-12-13-17(19-5-2)18-16(3)14-15-20-18/h16-19H,4-15H2,1-3H3. The van der Waals surface area contributed by atoms with Gasteiger partial charge in [-0.3, -0.25) is 0 Å². The molecule has 120 valence electrons. The van der Waals surface area contributed by atoms with Crippen molar-refractivity contribution in [1.82, 2.24) is 5.32 Å². The Balaban J connectivity index is 2.07. The molecular weight excluding hydrogens is 246 g/mol. The van der Waals surface area contributed by atoms with Gasteiger partial charge in [-0.05, 0) is 25.3 Å². The molecule has 1 fully saturated rings. The average molecular weight is 284 g/mol. The van der Waals surface area contributed by atoms with Crippen molar-refractivity contribution in [2.24, 2.45) is 5.92 Å². The van der Waals surface area contributed by atoms with E-state index >= 15 is 0 Å². The summed E-state index contributed by atoms with van der Waals surface area (Å²) in [5.41, 5.74) is 0. The second-order valence-corrected chi connectivity index (χ2v) is 6.53. The summed E-state index contributed by atoms with van der Waals surface area (Å²) in [4.78, 5) is 0. The van der Waals surface area contributed by atoms with Crippen molar-refractivity contribution in [2.75, 3.05) is 13.2 Å². The van der Waals surface area contributed by atoms with Crippen LogP contribution in [0.15, 0.2) is 0 Å². The largest absolute Gasteiger partial charge is 0.376 e. The number of ether oxygens (including phenoxy) is 1. The zero-order chi connectivity index (χ0) is 14.6. The first-order valence-corrected chi connectivity index (χ1v) is 9.14. The Kier molecular flexibility index (Phi) is 10.4. The van der Waals surface area contributed by atoms with Crippen molar-refractivity contribution in [3.05, 3.63) is 0 Å². The van der Waals surface area contributed by atoms with Crippen LogP contribution in [0.25, 0.3) is 0 Å². The lowest BCUT2D eigenvalue weighted by Crippen LogP contribution is -2.42. The molecule has 1 aliphatic heterocycles. The van der Waals surface area contributed by atoms with E-state index in [-0.39, 0.29) is 0 Å². The summed E-state index contributed by atoms with van der Waals surface area (Å²) in [6.45, 7) is 8.86. The Hall–Kier alpha value is -0.0800. The van der Waals surface area contributed by atoms with Crippen molar-refractivity contribution >= 4 is 0 Å². The summed E-state index contributed by atoms with van der Waals surface area (Å²) < 4.78 is 5.94. The molecule has 2 heteroatoms. The van der Waals surface area contributed by atoms with Gasteiger partial charge in [0.05, 0.1) is 6.10 Å². The number of rotatable bonds is 12. The molecule has 0 aromatic carbocycles. The van der Waals surface area contributed by atoms with Gasteiger partial charge in [0.2, 0.25) is 0 Å². The van der Waals surface area contributed by atoms with Crippen LogP contribution in [0.1, 0.15) is 85.0 Å². The molecule has 1 heterocycles. The van der Waals surface area contributed by atoms with Crippen molar-refractivity contribution in [2.45, 2.75) is 97.1 Å². The minimum absolute atomic E-state index is 0.458. The van der Waals surface area contributed by atoms with E-state index in [1.165, 1.54) is 64.2 Å². The van der Waals surface area contributed by atoms with Crippen LogP contribution in [0.4, 0.5) is 0 Å². The summed E-state index contributed by atoms with van der Waals surface area (Å²) in [5.74, 6) is 0.730. The van der Waals surface area contributed by atoms with Gasteiger partial charge >= 0.3 is 0 Å². The quantitative estimate of drug-likeness (QED) is 0.513. The van der Waals surface area contributed by atoms with E-state index in [2.05, 4.69) is 26.1 Å². The van der Waals surface area contributed by atoms with Crippen LogP contribution in [0.5, 0.6) is 0 Å². The predicted octanol–water partition coefficient (Wildman–Crippen LogP) is 4.92. The number of hydrogen-bond donors (Lipinski definition) is 1. The van der Waals surface area contributed by atoms with Crippen molar-refractivity contribution in [3.8, 4) is 0 Å². The number of unbranched alkanes of at least 4 members (excludes halogenated alkanes) is 7. The van der Waals surface area contributed by atoms with E-state index in [0.717, 1.165) is 19.1 Å². The Morgan fingerprint density at radius 2 is 1.65 bits per heavy atom. The molecule has 20 heavy (non-hydrogen) atoms. The van der Waals surface area contributed by atoms with Crippen LogP contribution < -0.4 is 5.32 Å². The van der Waals surface area contributed by atoms with Gasteiger partial charge < -0.3 is 10.1 Å². The van der Waals surface area contributed by atoms with Crippen LogP contribution in [-0.2, 0) is 4.74 Å². The van der Waals surface area contributed by atoms with Gasteiger partial charge in [0.15, 0.2) is 0 Å².